The molecule has 3 heterocycles. The summed E-state index contributed by atoms with van der Waals surface area (Å²) in [7, 11) is 0. The zero-order valence-corrected chi connectivity index (χ0v) is 15.8. The molecule has 1 aliphatic heterocycles. The molecule has 0 saturated heterocycles. The van der Waals surface area contributed by atoms with Crippen molar-refractivity contribution in [2.24, 2.45) is 0 Å². The largest absolute Gasteiger partial charge is 0.486 e. The second kappa shape index (κ2) is 8.68. The van der Waals surface area contributed by atoms with Crippen molar-refractivity contribution in [1.82, 2.24) is 4.90 Å². The lowest BCUT2D eigenvalue weighted by molar-refractivity contribution is -0.133. The molecule has 7 nitrogen and oxygen atoms in total. The molecule has 1 aliphatic rings. The molecule has 150 valence electrons. The molecular formula is C22H21NO6. The van der Waals surface area contributed by atoms with Crippen molar-refractivity contribution in [3.8, 4) is 11.5 Å². The van der Waals surface area contributed by atoms with Gasteiger partial charge < -0.3 is 23.2 Å². The van der Waals surface area contributed by atoms with Crippen molar-refractivity contribution in [3.63, 3.8) is 0 Å². The summed E-state index contributed by atoms with van der Waals surface area (Å²) in [5.74, 6) is 2.26. The summed E-state index contributed by atoms with van der Waals surface area (Å²) in [6.45, 7) is 1.57. The van der Waals surface area contributed by atoms with E-state index in [1.165, 1.54) is 0 Å². The molecule has 4 rings (SSSR count). The van der Waals surface area contributed by atoms with E-state index >= 15 is 0 Å². The van der Waals surface area contributed by atoms with Gasteiger partial charge in [-0.2, -0.15) is 0 Å². The Morgan fingerprint density at radius 2 is 1.48 bits per heavy atom. The Hall–Kier alpha value is -3.48. The number of rotatable bonds is 8. The average Bonchev–Trinajstić information content (AvgIpc) is 3.45. The van der Waals surface area contributed by atoms with Gasteiger partial charge in [0, 0.05) is 18.4 Å². The minimum Gasteiger partial charge on any atom is -0.486 e. The molecule has 0 bridgehead atoms. The maximum Gasteiger partial charge on any atom is 0.223 e. The molecule has 0 fully saturated rings. The van der Waals surface area contributed by atoms with Crippen LogP contribution in [0, 0.1) is 0 Å². The van der Waals surface area contributed by atoms with Crippen LogP contribution in [0.15, 0.2) is 63.8 Å². The highest BCUT2D eigenvalue weighted by Crippen LogP contribution is 2.31. The first kappa shape index (κ1) is 18.9. The lowest BCUT2D eigenvalue weighted by atomic mass is 10.1. The van der Waals surface area contributed by atoms with Gasteiger partial charge in [0.05, 0.1) is 25.6 Å². The van der Waals surface area contributed by atoms with Gasteiger partial charge in [-0.15, -0.1) is 0 Å². The van der Waals surface area contributed by atoms with Crippen LogP contribution < -0.4 is 9.47 Å². The molecule has 0 saturated carbocycles. The molecule has 0 atom stereocenters. The third-order valence-corrected chi connectivity index (χ3v) is 4.64. The van der Waals surface area contributed by atoms with Crippen LogP contribution in [0.2, 0.25) is 0 Å². The Balaban J connectivity index is 1.39. The highest BCUT2D eigenvalue weighted by Gasteiger charge is 2.20. The van der Waals surface area contributed by atoms with Gasteiger partial charge in [-0.3, -0.25) is 9.59 Å². The molecule has 0 N–H and O–H groups in total. The topological polar surface area (TPSA) is 82.1 Å². The predicted molar refractivity (Wildman–Crippen MR) is 103 cm³/mol. The number of fused-ring (bicyclic) bond motifs is 1. The fourth-order valence-electron chi connectivity index (χ4n) is 3.15. The van der Waals surface area contributed by atoms with Gasteiger partial charge in [0.1, 0.15) is 24.7 Å². The number of Topliss-reactive ketones (excluding diaryl/α,β-unsaturated/α-hetero) is 1. The van der Waals surface area contributed by atoms with E-state index in [0.29, 0.717) is 54.9 Å². The zero-order valence-electron chi connectivity index (χ0n) is 15.8. The van der Waals surface area contributed by atoms with Crippen LogP contribution in [-0.2, 0) is 17.9 Å². The van der Waals surface area contributed by atoms with Gasteiger partial charge in [0.15, 0.2) is 17.3 Å². The monoisotopic (exact) mass is 395 g/mol. The number of ether oxygens (including phenoxy) is 2. The first-order valence-corrected chi connectivity index (χ1v) is 9.44. The van der Waals surface area contributed by atoms with E-state index in [-0.39, 0.29) is 24.5 Å². The van der Waals surface area contributed by atoms with E-state index in [4.69, 9.17) is 18.3 Å². The summed E-state index contributed by atoms with van der Waals surface area (Å²) in [4.78, 5) is 27.0. The summed E-state index contributed by atoms with van der Waals surface area (Å²) in [5.41, 5.74) is 0.505. The van der Waals surface area contributed by atoms with Crippen LogP contribution in [-0.4, -0.2) is 29.8 Å². The SMILES string of the molecule is O=C(CCC(=O)N(Cc1ccco1)Cc1ccco1)c1ccc2c(c1)OCCO2. The van der Waals surface area contributed by atoms with Crippen LogP contribution in [0.3, 0.4) is 0 Å². The van der Waals surface area contributed by atoms with Crippen molar-refractivity contribution < 1.29 is 27.9 Å². The van der Waals surface area contributed by atoms with Gasteiger partial charge in [0.2, 0.25) is 5.91 Å². The van der Waals surface area contributed by atoms with Crippen molar-refractivity contribution in [2.45, 2.75) is 25.9 Å². The minimum absolute atomic E-state index is 0.0920. The number of ketones is 1. The standard InChI is InChI=1S/C22H21NO6/c24-19(16-5-7-20-21(13-16)29-12-11-28-20)6-8-22(25)23(14-17-3-1-9-26-17)15-18-4-2-10-27-18/h1-5,7,9-10,13H,6,8,11-12,14-15H2. The molecule has 1 aromatic carbocycles. The van der Waals surface area contributed by atoms with Gasteiger partial charge in [-0.05, 0) is 42.5 Å². The Morgan fingerprint density at radius 3 is 2.10 bits per heavy atom. The highest BCUT2D eigenvalue weighted by atomic mass is 16.6. The van der Waals surface area contributed by atoms with Gasteiger partial charge in [-0.1, -0.05) is 0 Å². The average molecular weight is 395 g/mol. The molecule has 3 aromatic rings. The van der Waals surface area contributed by atoms with E-state index in [1.54, 1.807) is 47.8 Å². The number of nitrogens with zero attached hydrogens (tertiary/aromatic N) is 1. The normalized spacial score (nSPS) is 12.6. The van der Waals surface area contributed by atoms with Crippen molar-refractivity contribution in [2.75, 3.05) is 13.2 Å². The van der Waals surface area contributed by atoms with E-state index in [1.807, 2.05) is 12.1 Å². The molecular weight excluding hydrogens is 374 g/mol. The van der Waals surface area contributed by atoms with Crippen LogP contribution in [0.1, 0.15) is 34.7 Å². The first-order valence-electron chi connectivity index (χ1n) is 9.44. The zero-order chi connectivity index (χ0) is 20.1. The molecule has 29 heavy (non-hydrogen) atoms. The minimum atomic E-state index is -0.149. The van der Waals surface area contributed by atoms with Gasteiger partial charge in [0.25, 0.3) is 0 Å². The third-order valence-electron chi connectivity index (χ3n) is 4.64. The fourth-order valence-corrected chi connectivity index (χ4v) is 3.15. The fraction of sp³-hybridized carbons (Fsp3) is 0.273. The number of furan rings is 2. The Bertz CT molecular complexity index is 925. The van der Waals surface area contributed by atoms with Crippen LogP contribution in [0.25, 0.3) is 0 Å². The molecule has 0 radical (unpaired) electrons. The van der Waals surface area contributed by atoms with Crippen LogP contribution in [0.4, 0.5) is 0 Å². The second-order valence-corrected chi connectivity index (χ2v) is 6.69. The Labute approximate surface area is 167 Å². The van der Waals surface area contributed by atoms with Gasteiger partial charge >= 0.3 is 0 Å². The number of carbonyl (C=O) groups is 2. The number of carbonyl (C=O) groups excluding carboxylic acids is 2. The smallest absolute Gasteiger partial charge is 0.223 e. The predicted octanol–water partition coefficient (Wildman–Crippen LogP) is 3.84. The lowest BCUT2D eigenvalue weighted by Gasteiger charge is -2.21. The number of hydrogen-bond donors (Lipinski definition) is 0. The summed E-state index contributed by atoms with van der Waals surface area (Å²) in [5, 5.41) is 0. The number of benzene rings is 1. The Kier molecular flexibility index (Phi) is 5.65. The maximum absolute atomic E-state index is 12.8. The summed E-state index contributed by atoms with van der Waals surface area (Å²) < 4.78 is 21.7. The lowest BCUT2D eigenvalue weighted by Crippen LogP contribution is -2.30. The molecule has 0 spiro atoms. The van der Waals surface area contributed by atoms with E-state index < -0.39 is 0 Å². The second-order valence-electron chi connectivity index (χ2n) is 6.69. The van der Waals surface area contributed by atoms with Crippen molar-refractivity contribution in [1.29, 1.82) is 0 Å². The van der Waals surface area contributed by atoms with E-state index in [2.05, 4.69) is 0 Å². The third kappa shape index (κ3) is 4.68. The van der Waals surface area contributed by atoms with Crippen LogP contribution in [0.5, 0.6) is 11.5 Å². The summed E-state index contributed by atoms with van der Waals surface area (Å²) in [6.07, 6.45) is 3.33. The summed E-state index contributed by atoms with van der Waals surface area (Å²) in [6, 6.07) is 12.3. The maximum atomic E-state index is 12.8. The molecule has 7 heteroatoms. The summed E-state index contributed by atoms with van der Waals surface area (Å²) >= 11 is 0. The molecule has 0 unspecified atom stereocenters. The molecule has 0 aliphatic carbocycles. The van der Waals surface area contributed by atoms with Crippen LogP contribution >= 0.6 is 0 Å². The number of amides is 1. The van der Waals surface area contributed by atoms with E-state index in [9.17, 15) is 9.59 Å². The molecule has 2 aromatic heterocycles. The van der Waals surface area contributed by atoms with Gasteiger partial charge in [-0.25, -0.2) is 0 Å². The quantitative estimate of drug-likeness (QED) is 0.539. The van der Waals surface area contributed by atoms with E-state index in [0.717, 1.165) is 0 Å². The molecule has 1 amide bonds. The highest BCUT2D eigenvalue weighted by molar-refractivity contribution is 5.98. The van der Waals surface area contributed by atoms with Crippen molar-refractivity contribution in [3.05, 3.63) is 72.1 Å². The Morgan fingerprint density at radius 1 is 0.828 bits per heavy atom. The van der Waals surface area contributed by atoms with Crippen molar-refractivity contribution >= 4 is 11.7 Å². The number of hydrogen-bond acceptors (Lipinski definition) is 6. The first-order chi connectivity index (χ1) is 14.2.